The molecule has 0 saturated heterocycles. The zero-order valence-electron chi connectivity index (χ0n) is 20.1. The molecule has 1 N–H and O–H groups in total. The largest absolute Gasteiger partial charge is 0.496 e. The second kappa shape index (κ2) is 10.5. The van der Waals surface area contributed by atoms with Crippen molar-refractivity contribution >= 4 is 52.1 Å². The van der Waals surface area contributed by atoms with Crippen LogP contribution in [0.3, 0.4) is 0 Å². The number of nitrogens with one attached hydrogen (secondary N) is 1. The molecule has 1 aliphatic rings. The second-order valence-electron chi connectivity index (χ2n) is 8.66. The SMILES string of the molecule is COc1ccc([C@@H]2Nc3ccccc3C(=O)N2c2ccc(C)cc2)cc1COc1c(Cl)cc(Cl)cc1Cl. The number of hydrogen-bond acceptors (Lipinski definition) is 4. The summed E-state index contributed by atoms with van der Waals surface area (Å²) in [4.78, 5) is 15.5. The maximum Gasteiger partial charge on any atom is 0.262 e. The highest BCUT2D eigenvalue weighted by molar-refractivity contribution is 6.40. The Balaban J connectivity index is 1.54. The lowest BCUT2D eigenvalue weighted by molar-refractivity contribution is 0.0975. The van der Waals surface area contributed by atoms with Crippen molar-refractivity contribution in [3.05, 3.63) is 116 Å². The Morgan fingerprint density at radius 3 is 2.32 bits per heavy atom. The molecule has 1 heterocycles. The van der Waals surface area contributed by atoms with E-state index in [0.29, 0.717) is 32.1 Å². The first-order chi connectivity index (χ1) is 17.9. The van der Waals surface area contributed by atoms with Crippen molar-refractivity contribution in [1.29, 1.82) is 0 Å². The molecule has 0 radical (unpaired) electrons. The Hall–Kier alpha value is -3.38. The maximum atomic E-state index is 13.7. The Morgan fingerprint density at radius 1 is 0.919 bits per heavy atom. The molecule has 5 nitrogen and oxygen atoms in total. The summed E-state index contributed by atoms with van der Waals surface area (Å²) in [6.07, 6.45) is -0.461. The minimum Gasteiger partial charge on any atom is -0.496 e. The molecular weight excluding hydrogens is 531 g/mol. The molecule has 4 aromatic rings. The zero-order chi connectivity index (χ0) is 26.1. The number of aryl methyl sites for hydroxylation is 1. The van der Waals surface area contributed by atoms with E-state index in [1.54, 1.807) is 24.1 Å². The number of amides is 1. The zero-order valence-corrected chi connectivity index (χ0v) is 22.4. The molecule has 1 aliphatic heterocycles. The van der Waals surface area contributed by atoms with Crippen molar-refractivity contribution in [3.8, 4) is 11.5 Å². The van der Waals surface area contributed by atoms with Crippen LogP contribution in [0.1, 0.15) is 33.2 Å². The quantitative estimate of drug-likeness (QED) is 0.261. The van der Waals surface area contributed by atoms with Gasteiger partial charge in [0.05, 0.1) is 22.7 Å². The van der Waals surface area contributed by atoms with Gasteiger partial charge in [0.25, 0.3) is 5.91 Å². The maximum absolute atomic E-state index is 13.7. The molecule has 5 rings (SSSR count). The first kappa shape index (κ1) is 25.3. The van der Waals surface area contributed by atoms with E-state index in [9.17, 15) is 4.79 Å². The molecule has 1 atom stereocenters. The number of methoxy groups -OCH3 is 1. The summed E-state index contributed by atoms with van der Waals surface area (Å²) in [5, 5.41) is 4.59. The molecule has 0 bridgehead atoms. The van der Waals surface area contributed by atoms with Crippen LogP contribution in [-0.2, 0) is 6.61 Å². The van der Waals surface area contributed by atoms with Crippen molar-refractivity contribution in [2.24, 2.45) is 0 Å². The molecule has 0 unspecified atom stereocenters. The van der Waals surface area contributed by atoms with Gasteiger partial charge in [0, 0.05) is 22.0 Å². The van der Waals surface area contributed by atoms with Crippen LogP contribution in [0.25, 0.3) is 0 Å². The Bertz CT molecular complexity index is 1450. The number of nitrogens with zero attached hydrogens (tertiary/aromatic N) is 1. The lowest BCUT2D eigenvalue weighted by atomic mass is 10.0. The van der Waals surface area contributed by atoms with E-state index in [4.69, 9.17) is 44.3 Å². The van der Waals surface area contributed by atoms with Crippen molar-refractivity contribution in [2.75, 3.05) is 17.3 Å². The minimum atomic E-state index is -0.461. The number of rotatable bonds is 6. The molecule has 0 aromatic heterocycles. The standard InChI is InChI=1S/C29H23Cl3N2O3/c1-17-7-10-21(11-8-17)34-28(33-25-6-4-3-5-22(25)29(34)35)18-9-12-26(36-2)19(13-18)16-37-27-23(31)14-20(30)15-24(27)32/h3-15,28,33H,16H2,1-2H3/t28-/m1/s1. The monoisotopic (exact) mass is 552 g/mol. The molecule has 188 valence electrons. The molecule has 0 spiro atoms. The van der Waals surface area contributed by atoms with Crippen molar-refractivity contribution in [2.45, 2.75) is 19.7 Å². The Kier molecular flexibility index (Phi) is 7.20. The third-order valence-corrected chi connectivity index (χ3v) is 6.97. The van der Waals surface area contributed by atoms with Gasteiger partial charge in [0.15, 0.2) is 5.75 Å². The van der Waals surface area contributed by atoms with E-state index < -0.39 is 6.17 Å². The summed E-state index contributed by atoms with van der Waals surface area (Å²) in [5.41, 5.74) is 4.91. The lowest BCUT2D eigenvalue weighted by Gasteiger charge is -2.38. The van der Waals surface area contributed by atoms with Gasteiger partial charge < -0.3 is 14.8 Å². The minimum absolute atomic E-state index is 0.0865. The van der Waals surface area contributed by atoms with E-state index in [1.165, 1.54) is 0 Å². The predicted molar refractivity (Wildman–Crippen MR) is 150 cm³/mol. The summed E-state index contributed by atoms with van der Waals surface area (Å²) >= 11 is 18.7. The number of fused-ring (bicyclic) bond motifs is 1. The number of benzene rings is 4. The first-order valence-electron chi connectivity index (χ1n) is 11.6. The van der Waals surface area contributed by atoms with Crippen LogP contribution in [0.15, 0.2) is 78.9 Å². The average Bonchev–Trinajstić information content (AvgIpc) is 2.88. The molecule has 0 saturated carbocycles. The average molecular weight is 554 g/mol. The van der Waals surface area contributed by atoms with Crippen LogP contribution in [0.4, 0.5) is 11.4 Å². The van der Waals surface area contributed by atoms with Crippen LogP contribution < -0.4 is 19.7 Å². The number of para-hydroxylation sites is 1. The molecule has 0 aliphatic carbocycles. The number of anilines is 2. The highest BCUT2D eigenvalue weighted by Gasteiger charge is 2.34. The fourth-order valence-electron chi connectivity index (χ4n) is 4.36. The van der Waals surface area contributed by atoms with E-state index in [1.807, 2.05) is 73.7 Å². The lowest BCUT2D eigenvalue weighted by Crippen LogP contribution is -2.43. The van der Waals surface area contributed by atoms with Crippen LogP contribution >= 0.6 is 34.8 Å². The predicted octanol–water partition coefficient (Wildman–Crippen LogP) is 8.31. The number of hydrogen-bond donors (Lipinski definition) is 1. The molecule has 4 aromatic carbocycles. The van der Waals surface area contributed by atoms with E-state index in [2.05, 4.69) is 5.32 Å². The van der Waals surface area contributed by atoms with E-state index >= 15 is 0 Å². The van der Waals surface area contributed by atoms with Gasteiger partial charge in [-0.25, -0.2) is 0 Å². The third-order valence-electron chi connectivity index (χ3n) is 6.19. The van der Waals surface area contributed by atoms with E-state index in [0.717, 1.165) is 28.1 Å². The van der Waals surface area contributed by atoms with Gasteiger partial charge in [-0.3, -0.25) is 9.69 Å². The highest BCUT2D eigenvalue weighted by Crippen LogP contribution is 2.39. The summed E-state index contributed by atoms with van der Waals surface area (Å²) < 4.78 is 11.6. The van der Waals surface area contributed by atoms with Crippen LogP contribution in [0.5, 0.6) is 11.5 Å². The van der Waals surface area contributed by atoms with Crippen molar-refractivity contribution in [3.63, 3.8) is 0 Å². The summed E-state index contributed by atoms with van der Waals surface area (Å²) in [6, 6.07) is 24.3. The van der Waals surface area contributed by atoms with Gasteiger partial charge in [-0.1, -0.05) is 70.7 Å². The number of ether oxygens (including phenoxy) is 2. The van der Waals surface area contributed by atoms with Crippen molar-refractivity contribution in [1.82, 2.24) is 0 Å². The third kappa shape index (κ3) is 5.08. The van der Waals surface area contributed by atoms with Crippen molar-refractivity contribution < 1.29 is 14.3 Å². The van der Waals surface area contributed by atoms with Crippen LogP contribution in [0.2, 0.25) is 15.1 Å². The molecule has 8 heteroatoms. The normalized spacial score (nSPS) is 14.7. The Morgan fingerprint density at radius 2 is 1.62 bits per heavy atom. The Labute approximate surface area is 230 Å². The van der Waals surface area contributed by atoms with Gasteiger partial charge in [-0.05, 0) is 61.0 Å². The summed E-state index contributed by atoms with van der Waals surface area (Å²) in [7, 11) is 1.60. The van der Waals surface area contributed by atoms with Gasteiger partial charge in [-0.15, -0.1) is 0 Å². The molecule has 0 fully saturated rings. The summed E-state index contributed by atoms with van der Waals surface area (Å²) in [5.74, 6) is 0.882. The number of carbonyl (C=O) groups excluding carboxylic acids is 1. The highest BCUT2D eigenvalue weighted by atomic mass is 35.5. The molecule has 37 heavy (non-hydrogen) atoms. The topological polar surface area (TPSA) is 50.8 Å². The second-order valence-corrected chi connectivity index (χ2v) is 9.91. The number of halogens is 3. The smallest absolute Gasteiger partial charge is 0.262 e. The van der Waals surface area contributed by atoms with Gasteiger partial charge in [0.1, 0.15) is 18.5 Å². The van der Waals surface area contributed by atoms with Crippen LogP contribution in [0, 0.1) is 6.92 Å². The van der Waals surface area contributed by atoms with Gasteiger partial charge in [-0.2, -0.15) is 0 Å². The fourth-order valence-corrected chi connectivity index (χ4v) is 5.28. The van der Waals surface area contributed by atoms with Crippen LogP contribution in [-0.4, -0.2) is 13.0 Å². The molecule has 1 amide bonds. The van der Waals surface area contributed by atoms with Gasteiger partial charge in [0.2, 0.25) is 0 Å². The number of carbonyl (C=O) groups is 1. The van der Waals surface area contributed by atoms with Gasteiger partial charge >= 0.3 is 0 Å². The molecular formula is C29H23Cl3N2O3. The summed E-state index contributed by atoms with van der Waals surface area (Å²) in [6.45, 7) is 2.15. The fraction of sp³-hybridized carbons (Fsp3) is 0.138. The van der Waals surface area contributed by atoms with E-state index in [-0.39, 0.29) is 12.5 Å². The first-order valence-corrected chi connectivity index (χ1v) is 12.7.